The van der Waals surface area contributed by atoms with Crippen LogP contribution in [0, 0.1) is 5.92 Å². The van der Waals surface area contributed by atoms with E-state index in [1.807, 2.05) is 31.4 Å². The molecule has 2 aromatic rings. The Balaban J connectivity index is 1.89. The van der Waals surface area contributed by atoms with Crippen molar-refractivity contribution in [2.75, 3.05) is 38.9 Å². The number of thioether (sulfide) groups is 1. The largest absolute Gasteiger partial charge is 0.493 e. The van der Waals surface area contributed by atoms with Gasteiger partial charge in [0, 0.05) is 38.3 Å². The lowest BCUT2D eigenvalue weighted by Crippen LogP contribution is -2.31. The highest BCUT2D eigenvalue weighted by atomic mass is 32.2. The second-order valence-corrected chi connectivity index (χ2v) is 7.91. The fourth-order valence-corrected chi connectivity index (χ4v) is 3.52. The Bertz CT molecular complexity index is 822. The Morgan fingerprint density at radius 2 is 2.07 bits per heavy atom. The van der Waals surface area contributed by atoms with Crippen molar-refractivity contribution in [1.29, 1.82) is 0 Å². The van der Waals surface area contributed by atoms with Gasteiger partial charge in [0.2, 0.25) is 0 Å². The number of hydrogen-bond donors (Lipinski definition) is 2. The van der Waals surface area contributed by atoms with Gasteiger partial charge >= 0.3 is 0 Å². The first-order chi connectivity index (χ1) is 14.5. The van der Waals surface area contributed by atoms with Gasteiger partial charge in [-0.25, -0.2) is 0 Å². The van der Waals surface area contributed by atoms with Gasteiger partial charge in [0.15, 0.2) is 22.6 Å². The Kier molecular flexibility index (Phi) is 9.79. The summed E-state index contributed by atoms with van der Waals surface area (Å²) >= 11 is 1.64. The number of nitrogens with zero attached hydrogens (tertiary/aromatic N) is 4. The quantitative estimate of drug-likeness (QED) is 0.241. The van der Waals surface area contributed by atoms with Gasteiger partial charge in [0.25, 0.3) is 0 Å². The van der Waals surface area contributed by atoms with Gasteiger partial charge in [-0.05, 0) is 37.7 Å². The Morgan fingerprint density at radius 1 is 1.27 bits per heavy atom. The summed E-state index contributed by atoms with van der Waals surface area (Å²) in [6.45, 7) is 8.67. The average molecular weight is 435 g/mol. The molecule has 0 fully saturated rings. The summed E-state index contributed by atoms with van der Waals surface area (Å²) in [4.78, 5) is 4.30. The van der Waals surface area contributed by atoms with Crippen LogP contribution in [0.25, 0.3) is 0 Å². The highest BCUT2D eigenvalue weighted by Gasteiger charge is 2.12. The second-order valence-electron chi connectivity index (χ2n) is 7.13. The minimum absolute atomic E-state index is 0.554. The molecule has 2 rings (SSSR count). The summed E-state index contributed by atoms with van der Waals surface area (Å²) in [6.07, 6.45) is 3.83. The van der Waals surface area contributed by atoms with E-state index in [1.54, 1.807) is 25.9 Å². The van der Waals surface area contributed by atoms with E-state index in [2.05, 4.69) is 44.2 Å². The number of benzene rings is 1. The molecule has 0 aliphatic carbocycles. The molecule has 9 heteroatoms. The Labute approximate surface area is 183 Å². The summed E-state index contributed by atoms with van der Waals surface area (Å²) in [5.74, 6) is 3.71. The van der Waals surface area contributed by atoms with Gasteiger partial charge in [-0.2, -0.15) is 0 Å². The number of aliphatic imine (C=N–C) groups is 1. The van der Waals surface area contributed by atoms with Crippen molar-refractivity contribution in [2.24, 2.45) is 10.9 Å². The molecule has 0 radical (unpaired) electrons. The zero-order valence-corrected chi connectivity index (χ0v) is 19.7. The molecular formula is C21H34N6O2S. The number of nitrogens with one attached hydrogen (secondary N) is 2. The smallest absolute Gasteiger partial charge is 0.195 e. The van der Waals surface area contributed by atoms with Gasteiger partial charge in [0.05, 0.1) is 13.7 Å². The number of methoxy groups -OCH3 is 1. The molecule has 1 heterocycles. The maximum absolute atomic E-state index is 5.57. The fourth-order valence-electron chi connectivity index (χ4n) is 2.99. The van der Waals surface area contributed by atoms with Gasteiger partial charge in [-0.15, -0.1) is 10.2 Å². The van der Waals surface area contributed by atoms with Crippen LogP contribution < -0.4 is 20.1 Å². The average Bonchev–Trinajstić information content (AvgIpc) is 3.12. The summed E-state index contributed by atoms with van der Waals surface area (Å²) in [5.41, 5.74) is 0.879. The first kappa shape index (κ1) is 23.9. The van der Waals surface area contributed by atoms with Crippen molar-refractivity contribution >= 4 is 23.4 Å². The second kappa shape index (κ2) is 12.3. The minimum atomic E-state index is 0.554. The van der Waals surface area contributed by atoms with Gasteiger partial charge in [0.1, 0.15) is 5.82 Å². The molecule has 0 amide bonds. The van der Waals surface area contributed by atoms with Crippen molar-refractivity contribution < 1.29 is 9.47 Å². The van der Waals surface area contributed by atoms with Crippen LogP contribution in [-0.4, -0.2) is 54.3 Å². The Hall–Kier alpha value is -2.42. The van der Waals surface area contributed by atoms with Crippen LogP contribution >= 0.6 is 11.8 Å². The molecule has 30 heavy (non-hydrogen) atoms. The molecule has 8 nitrogen and oxygen atoms in total. The van der Waals surface area contributed by atoms with E-state index in [1.165, 1.54) is 0 Å². The van der Waals surface area contributed by atoms with Gasteiger partial charge < -0.3 is 24.7 Å². The number of anilines is 1. The third kappa shape index (κ3) is 6.83. The molecule has 0 atom stereocenters. The SMILES string of the molecule is CCOc1ccc(NC(=NC)NCCCc2nnc(SC)n2CC(C)C)cc1OC. The van der Waals surface area contributed by atoms with Crippen molar-refractivity contribution in [3.8, 4) is 11.5 Å². The molecule has 166 valence electrons. The van der Waals surface area contributed by atoms with E-state index < -0.39 is 0 Å². The normalized spacial score (nSPS) is 11.6. The maximum Gasteiger partial charge on any atom is 0.195 e. The van der Waals surface area contributed by atoms with Crippen LogP contribution in [0.2, 0.25) is 0 Å². The van der Waals surface area contributed by atoms with Crippen LogP contribution in [0.1, 0.15) is 33.0 Å². The van der Waals surface area contributed by atoms with Crippen LogP contribution in [-0.2, 0) is 13.0 Å². The number of hydrogen-bond acceptors (Lipinski definition) is 6. The summed E-state index contributed by atoms with van der Waals surface area (Å²) in [7, 11) is 3.39. The zero-order valence-electron chi connectivity index (χ0n) is 18.9. The van der Waals surface area contributed by atoms with Crippen molar-refractivity contribution in [2.45, 2.75) is 45.3 Å². The molecule has 0 saturated heterocycles. The van der Waals surface area contributed by atoms with Crippen molar-refractivity contribution in [3.63, 3.8) is 0 Å². The molecule has 0 unspecified atom stereocenters. The summed E-state index contributed by atoms with van der Waals surface area (Å²) < 4.78 is 13.2. The molecule has 0 spiro atoms. The van der Waals surface area contributed by atoms with Crippen molar-refractivity contribution in [3.05, 3.63) is 24.0 Å². The number of ether oxygens (including phenoxy) is 2. The first-order valence-electron chi connectivity index (χ1n) is 10.3. The third-order valence-electron chi connectivity index (χ3n) is 4.34. The molecule has 0 saturated carbocycles. The van der Waals surface area contributed by atoms with E-state index in [0.717, 1.165) is 48.3 Å². The molecular weight excluding hydrogens is 400 g/mol. The number of guanidine groups is 1. The number of aryl methyl sites for hydroxylation is 1. The zero-order chi connectivity index (χ0) is 21.9. The Morgan fingerprint density at radius 3 is 2.70 bits per heavy atom. The van der Waals surface area contributed by atoms with E-state index in [-0.39, 0.29) is 0 Å². The van der Waals surface area contributed by atoms with E-state index >= 15 is 0 Å². The lowest BCUT2D eigenvalue weighted by Gasteiger charge is -2.15. The fraction of sp³-hybridized carbons (Fsp3) is 0.571. The minimum Gasteiger partial charge on any atom is -0.493 e. The van der Waals surface area contributed by atoms with Gasteiger partial charge in [-0.3, -0.25) is 4.99 Å². The molecule has 2 N–H and O–H groups in total. The molecule has 1 aromatic carbocycles. The monoisotopic (exact) mass is 434 g/mol. The number of rotatable bonds is 11. The van der Waals surface area contributed by atoms with Crippen LogP contribution in [0.3, 0.4) is 0 Å². The highest BCUT2D eigenvalue weighted by Crippen LogP contribution is 2.30. The molecule has 1 aromatic heterocycles. The standard InChI is InChI=1S/C21H34N6O2S/c1-7-29-17-11-10-16(13-18(17)28-5)24-20(22-4)23-12-8-9-19-25-26-21(30-6)27(19)14-15(2)3/h10-11,13,15H,7-9,12,14H2,1-6H3,(H2,22,23,24). The predicted octanol–water partition coefficient (Wildman–Crippen LogP) is 3.68. The van der Waals surface area contributed by atoms with E-state index in [9.17, 15) is 0 Å². The maximum atomic E-state index is 5.57. The predicted molar refractivity (Wildman–Crippen MR) is 124 cm³/mol. The van der Waals surface area contributed by atoms with Gasteiger partial charge in [-0.1, -0.05) is 25.6 Å². The first-order valence-corrected chi connectivity index (χ1v) is 11.5. The van der Waals surface area contributed by atoms with Crippen LogP contribution in [0.5, 0.6) is 11.5 Å². The molecule has 0 bridgehead atoms. The van der Waals surface area contributed by atoms with E-state index in [0.29, 0.717) is 24.2 Å². The topological polar surface area (TPSA) is 85.6 Å². The number of aromatic nitrogens is 3. The lowest BCUT2D eigenvalue weighted by atomic mass is 10.2. The highest BCUT2D eigenvalue weighted by molar-refractivity contribution is 7.98. The molecule has 0 aliphatic heterocycles. The lowest BCUT2D eigenvalue weighted by molar-refractivity contribution is 0.311. The van der Waals surface area contributed by atoms with Crippen molar-refractivity contribution in [1.82, 2.24) is 20.1 Å². The summed E-state index contributed by atoms with van der Waals surface area (Å²) in [5, 5.41) is 16.3. The van der Waals surface area contributed by atoms with Crippen LogP contribution in [0.4, 0.5) is 5.69 Å². The van der Waals surface area contributed by atoms with Crippen LogP contribution in [0.15, 0.2) is 28.3 Å². The molecule has 0 aliphatic rings. The summed E-state index contributed by atoms with van der Waals surface area (Å²) in [6, 6.07) is 5.73. The third-order valence-corrected chi connectivity index (χ3v) is 5.01. The van der Waals surface area contributed by atoms with E-state index in [4.69, 9.17) is 9.47 Å².